The topological polar surface area (TPSA) is 26.3 Å². The van der Waals surface area contributed by atoms with Gasteiger partial charge in [0, 0.05) is 6.42 Å². The summed E-state index contributed by atoms with van der Waals surface area (Å²) in [4.78, 5) is 11.4. The average molecular weight is 250 g/mol. The van der Waals surface area contributed by atoms with Crippen molar-refractivity contribution >= 4 is 5.97 Å². The number of carbonyl (C=O) groups excluding carboxylic acids is 1. The maximum absolute atomic E-state index is 11.4. The highest BCUT2D eigenvalue weighted by molar-refractivity contribution is 5.69. The predicted octanol–water partition coefficient (Wildman–Crippen LogP) is 4.57. The molecule has 0 aromatic rings. The first-order valence-corrected chi connectivity index (χ1v) is 6.67. The van der Waals surface area contributed by atoms with Gasteiger partial charge in [-0.05, 0) is 52.5 Å². The number of allylic oxidation sites excluding steroid dienone is 3. The lowest BCUT2D eigenvalue weighted by molar-refractivity contribution is -0.154. The third kappa shape index (κ3) is 12.8. The first-order valence-electron chi connectivity index (χ1n) is 6.67. The summed E-state index contributed by atoms with van der Waals surface area (Å²) in [6.07, 6.45) is 11.8. The Labute approximate surface area is 111 Å². The van der Waals surface area contributed by atoms with E-state index in [2.05, 4.69) is 24.5 Å². The highest BCUT2D eigenvalue weighted by Crippen LogP contribution is 2.11. The Kier molecular flexibility index (Phi) is 9.04. The number of hydrogen-bond acceptors (Lipinski definition) is 2. The molecule has 0 amide bonds. The lowest BCUT2D eigenvalue weighted by Crippen LogP contribution is -2.23. The van der Waals surface area contributed by atoms with Crippen LogP contribution in [0.15, 0.2) is 30.5 Å². The Morgan fingerprint density at radius 1 is 1.22 bits per heavy atom. The van der Waals surface area contributed by atoms with Crippen LogP contribution >= 0.6 is 0 Å². The van der Waals surface area contributed by atoms with Crippen LogP contribution in [0, 0.1) is 0 Å². The summed E-state index contributed by atoms with van der Waals surface area (Å²) in [6.45, 7) is 9.19. The van der Waals surface area contributed by atoms with E-state index >= 15 is 0 Å². The van der Waals surface area contributed by atoms with Gasteiger partial charge in [0.05, 0.1) is 0 Å². The molecular formula is C16H26O2. The lowest BCUT2D eigenvalue weighted by Gasteiger charge is -2.19. The van der Waals surface area contributed by atoms with Gasteiger partial charge in [-0.2, -0.15) is 0 Å². The van der Waals surface area contributed by atoms with Gasteiger partial charge in [-0.25, -0.2) is 0 Å². The van der Waals surface area contributed by atoms with Crippen molar-refractivity contribution < 1.29 is 9.53 Å². The van der Waals surface area contributed by atoms with E-state index in [1.807, 2.05) is 26.8 Å². The Morgan fingerprint density at radius 2 is 1.94 bits per heavy atom. The van der Waals surface area contributed by atoms with Gasteiger partial charge >= 0.3 is 5.97 Å². The van der Waals surface area contributed by atoms with Crippen LogP contribution in [0.25, 0.3) is 0 Å². The van der Waals surface area contributed by atoms with Crippen LogP contribution in [0.4, 0.5) is 0 Å². The monoisotopic (exact) mass is 250 g/mol. The minimum atomic E-state index is -0.363. The number of ether oxygens (including phenoxy) is 1. The lowest BCUT2D eigenvalue weighted by atomic mass is 10.1. The molecule has 0 fully saturated rings. The molecule has 0 radical (unpaired) electrons. The molecule has 0 saturated carbocycles. The van der Waals surface area contributed by atoms with Gasteiger partial charge < -0.3 is 4.74 Å². The molecule has 0 aromatic heterocycles. The molecule has 0 unspecified atom stereocenters. The second-order valence-corrected chi connectivity index (χ2v) is 5.30. The van der Waals surface area contributed by atoms with Crippen LogP contribution < -0.4 is 0 Å². The summed E-state index contributed by atoms with van der Waals surface area (Å²) in [7, 11) is 0. The van der Waals surface area contributed by atoms with Gasteiger partial charge in [0.1, 0.15) is 5.60 Å². The molecule has 0 N–H and O–H groups in total. The van der Waals surface area contributed by atoms with E-state index in [9.17, 15) is 4.79 Å². The third-order valence-electron chi connectivity index (χ3n) is 2.24. The van der Waals surface area contributed by atoms with Crippen molar-refractivity contribution in [3.63, 3.8) is 0 Å². The van der Waals surface area contributed by atoms with Crippen LogP contribution in [0.5, 0.6) is 0 Å². The molecule has 0 atom stereocenters. The van der Waals surface area contributed by atoms with Gasteiger partial charge in [0.15, 0.2) is 0 Å². The van der Waals surface area contributed by atoms with Gasteiger partial charge in [0.25, 0.3) is 0 Å². The SMILES string of the molecule is C=C=CCC=CCCCCCC(=O)OC(C)(C)C. The molecule has 0 aliphatic carbocycles. The first-order chi connectivity index (χ1) is 8.45. The van der Waals surface area contributed by atoms with Crippen LogP contribution in [-0.2, 0) is 9.53 Å². The minimum absolute atomic E-state index is 0.0887. The molecular weight excluding hydrogens is 224 g/mol. The van der Waals surface area contributed by atoms with Gasteiger partial charge in [0.2, 0.25) is 0 Å². The molecule has 18 heavy (non-hydrogen) atoms. The number of esters is 1. The van der Waals surface area contributed by atoms with Gasteiger partial charge in [-0.3, -0.25) is 4.79 Å². The fourth-order valence-corrected chi connectivity index (χ4v) is 1.47. The highest BCUT2D eigenvalue weighted by Gasteiger charge is 2.15. The zero-order valence-electron chi connectivity index (χ0n) is 12.0. The second-order valence-electron chi connectivity index (χ2n) is 5.30. The van der Waals surface area contributed by atoms with Gasteiger partial charge in [-0.15, -0.1) is 5.73 Å². The summed E-state index contributed by atoms with van der Waals surface area (Å²) >= 11 is 0. The number of unbranched alkanes of at least 4 members (excludes halogenated alkanes) is 3. The fourth-order valence-electron chi connectivity index (χ4n) is 1.47. The quantitative estimate of drug-likeness (QED) is 0.273. The van der Waals surface area contributed by atoms with Crippen molar-refractivity contribution in [2.24, 2.45) is 0 Å². The van der Waals surface area contributed by atoms with Crippen molar-refractivity contribution in [3.05, 3.63) is 30.5 Å². The number of carbonyl (C=O) groups is 1. The van der Waals surface area contributed by atoms with Crippen molar-refractivity contribution in [2.75, 3.05) is 0 Å². The first kappa shape index (κ1) is 16.7. The molecule has 0 aromatic carbocycles. The van der Waals surface area contributed by atoms with E-state index in [-0.39, 0.29) is 11.6 Å². The molecule has 0 aliphatic heterocycles. The Hall–Kier alpha value is -1.27. The fraction of sp³-hybridized carbons (Fsp3) is 0.625. The largest absolute Gasteiger partial charge is 0.460 e. The summed E-state index contributed by atoms with van der Waals surface area (Å²) in [6, 6.07) is 0. The normalized spacial score (nSPS) is 11.3. The predicted molar refractivity (Wildman–Crippen MR) is 76.4 cm³/mol. The molecule has 0 saturated heterocycles. The van der Waals surface area contributed by atoms with Crippen molar-refractivity contribution in [1.29, 1.82) is 0 Å². The maximum atomic E-state index is 11.4. The van der Waals surface area contributed by atoms with Crippen LogP contribution in [0.1, 0.15) is 59.3 Å². The third-order valence-corrected chi connectivity index (χ3v) is 2.24. The summed E-state index contributed by atoms with van der Waals surface area (Å²) in [5.74, 6) is -0.0887. The molecule has 0 aliphatic rings. The highest BCUT2D eigenvalue weighted by atomic mass is 16.6. The molecule has 0 spiro atoms. The standard InChI is InChI=1S/C16H26O2/c1-5-6-7-8-9-10-11-12-13-14-15(17)18-16(2,3)4/h6,8-9H,1,7,10-14H2,2-4H3. The van der Waals surface area contributed by atoms with Crippen molar-refractivity contribution in [2.45, 2.75) is 64.9 Å². The molecule has 102 valence electrons. The Balaban J connectivity index is 3.43. The van der Waals surface area contributed by atoms with Crippen LogP contribution in [0.3, 0.4) is 0 Å². The van der Waals surface area contributed by atoms with Crippen LogP contribution in [0.2, 0.25) is 0 Å². The Bertz CT molecular complexity index is 302. The molecule has 0 rings (SSSR count). The zero-order chi connectivity index (χ0) is 13.9. The van der Waals surface area contributed by atoms with Gasteiger partial charge in [-0.1, -0.05) is 25.2 Å². The Morgan fingerprint density at radius 3 is 2.56 bits per heavy atom. The van der Waals surface area contributed by atoms with Crippen molar-refractivity contribution in [3.8, 4) is 0 Å². The minimum Gasteiger partial charge on any atom is -0.460 e. The number of hydrogen-bond donors (Lipinski definition) is 0. The van der Waals surface area contributed by atoms with E-state index < -0.39 is 0 Å². The molecule has 0 heterocycles. The van der Waals surface area contributed by atoms with E-state index in [4.69, 9.17) is 4.74 Å². The maximum Gasteiger partial charge on any atom is 0.306 e. The second kappa shape index (κ2) is 9.73. The zero-order valence-corrected chi connectivity index (χ0v) is 12.0. The van der Waals surface area contributed by atoms with E-state index in [1.165, 1.54) is 0 Å². The van der Waals surface area contributed by atoms with E-state index in [1.54, 1.807) is 0 Å². The van der Waals surface area contributed by atoms with Crippen LogP contribution in [-0.4, -0.2) is 11.6 Å². The smallest absolute Gasteiger partial charge is 0.306 e. The summed E-state index contributed by atoms with van der Waals surface area (Å²) in [5.41, 5.74) is 2.37. The molecule has 0 bridgehead atoms. The van der Waals surface area contributed by atoms with E-state index in [0.717, 1.165) is 32.1 Å². The molecule has 2 nitrogen and oxygen atoms in total. The summed E-state index contributed by atoms with van der Waals surface area (Å²) in [5, 5.41) is 0. The summed E-state index contributed by atoms with van der Waals surface area (Å²) < 4.78 is 5.24. The van der Waals surface area contributed by atoms with E-state index in [0.29, 0.717) is 6.42 Å². The number of rotatable bonds is 8. The average Bonchev–Trinajstić information content (AvgIpc) is 2.24. The molecule has 2 heteroatoms. The van der Waals surface area contributed by atoms with Crippen molar-refractivity contribution in [1.82, 2.24) is 0 Å².